The molecule has 2 rings (SSSR count). The van der Waals surface area contributed by atoms with Crippen molar-refractivity contribution in [1.29, 1.82) is 0 Å². The molecule has 0 amide bonds. The summed E-state index contributed by atoms with van der Waals surface area (Å²) in [7, 11) is 0. The number of nitrogens with one attached hydrogen (secondary N) is 1. The van der Waals surface area contributed by atoms with Crippen LogP contribution in [0.1, 0.15) is 64.9 Å². The highest BCUT2D eigenvalue weighted by Crippen LogP contribution is 2.20. The largest absolute Gasteiger partial charge is 0.298 e. The minimum Gasteiger partial charge on any atom is -0.298 e. The molecule has 0 aliphatic carbocycles. The van der Waals surface area contributed by atoms with Crippen LogP contribution in [0.25, 0.3) is 0 Å². The number of aryl methyl sites for hydroxylation is 2. The number of hydrazone groups is 1. The lowest BCUT2D eigenvalue weighted by atomic mass is 9.94. The lowest BCUT2D eigenvalue weighted by Crippen LogP contribution is -2.19. The van der Waals surface area contributed by atoms with E-state index in [1.807, 2.05) is 25.1 Å². The summed E-state index contributed by atoms with van der Waals surface area (Å²) in [4.78, 5) is 11.9. The Bertz CT molecular complexity index is 853. The Hall–Kier alpha value is -2.33. The maximum absolute atomic E-state index is 11.2. The van der Waals surface area contributed by atoms with Gasteiger partial charge in [0.15, 0.2) is 0 Å². The normalized spacial score (nSPS) is 11.5. The number of hydrogen-bond acceptors (Lipinski definition) is 3. The molecule has 2 aromatic carbocycles. The molecule has 0 spiro atoms. The van der Waals surface area contributed by atoms with E-state index in [4.69, 9.17) is 12.2 Å². The minimum absolute atomic E-state index is 0.279. The zero-order valence-corrected chi connectivity index (χ0v) is 16.9. The molecule has 0 aliphatic rings. The summed E-state index contributed by atoms with van der Waals surface area (Å²) in [5, 5.41) is 4.42. The second-order valence-electron chi connectivity index (χ2n) is 6.94. The molecule has 136 valence electrons. The summed E-state index contributed by atoms with van der Waals surface area (Å²) in [6.07, 6.45) is 1.57. The van der Waals surface area contributed by atoms with Gasteiger partial charge in [-0.05, 0) is 60.6 Å². The molecule has 0 saturated carbocycles. The fraction of sp³-hybridized carbons (Fsp3) is 0.318. The van der Waals surface area contributed by atoms with Crippen molar-refractivity contribution in [1.82, 2.24) is 5.43 Å². The van der Waals surface area contributed by atoms with Gasteiger partial charge in [-0.1, -0.05) is 56.4 Å². The van der Waals surface area contributed by atoms with E-state index in [1.165, 1.54) is 16.7 Å². The summed E-state index contributed by atoms with van der Waals surface area (Å²) in [6, 6.07) is 12.2. The molecule has 0 heterocycles. The van der Waals surface area contributed by atoms with Gasteiger partial charge < -0.3 is 0 Å². The van der Waals surface area contributed by atoms with E-state index in [-0.39, 0.29) is 5.92 Å². The molecule has 26 heavy (non-hydrogen) atoms. The molecule has 0 fully saturated rings. The number of hydrogen-bond donors (Lipinski definition) is 1. The zero-order chi connectivity index (χ0) is 19.3. The van der Waals surface area contributed by atoms with Gasteiger partial charge in [0.05, 0.1) is 5.71 Å². The van der Waals surface area contributed by atoms with Crippen LogP contribution in [0.3, 0.4) is 0 Å². The number of carbonyl (C=O) groups is 1. The van der Waals surface area contributed by atoms with Crippen molar-refractivity contribution in [3.63, 3.8) is 0 Å². The third kappa shape index (κ3) is 5.09. The highest BCUT2D eigenvalue weighted by molar-refractivity contribution is 7.80. The summed E-state index contributed by atoms with van der Waals surface area (Å²) in [5.41, 5.74) is 10.3. The maximum Gasteiger partial charge on any atom is 0.150 e. The first kappa shape index (κ1) is 20.0. The Morgan fingerprint density at radius 1 is 1.15 bits per heavy atom. The fourth-order valence-electron chi connectivity index (χ4n) is 2.76. The Kier molecular flexibility index (Phi) is 6.81. The quantitative estimate of drug-likeness (QED) is 0.334. The topological polar surface area (TPSA) is 41.5 Å². The number of nitrogens with zero attached hydrogens (tertiary/aromatic N) is 1. The first-order valence-corrected chi connectivity index (χ1v) is 9.21. The molecular weight excluding hydrogens is 340 g/mol. The van der Waals surface area contributed by atoms with Gasteiger partial charge in [0.2, 0.25) is 0 Å². The van der Waals surface area contributed by atoms with E-state index < -0.39 is 0 Å². The summed E-state index contributed by atoms with van der Waals surface area (Å²) in [6.45, 7) is 10.3. The van der Waals surface area contributed by atoms with E-state index in [1.54, 1.807) is 0 Å². The second kappa shape index (κ2) is 8.86. The van der Waals surface area contributed by atoms with Gasteiger partial charge >= 0.3 is 0 Å². The number of benzene rings is 2. The van der Waals surface area contributed by atoms with Crippen molar-refractivity contribution < 1.29 is 4.79 Å². The predicted molar refractivity (Wildman–Crippen MR) is 113 cm³/mol. The molecule has 0 bridgehead atoms. The number of rotatable bonds is 6. The van der Waals surface area contributed by atoms with Gasteiger partial charge in [-0.25, -0.2) is 0 Å². The van der Waals surface area contributed by atoms with Crippen LogP contribution in [0, 0.1) is 13.8 Å². The van der Waals surface area contributed by atoms with Crippen molar-refractivity contribution >= 4 is 29.2 Å². The van der Waals surface area contributed by atoms with Crippen molar-refractivity contribution in [3.05, 3.63) is 69.8 Å². The summed E-state index contributed by atoms with van der Waals surface area (Å²) in [5.74, 6) is 0.279. The number of aldehydes is 1. The van der Waals surface area contributed by atoms with E-state index >= 15 is 0 Å². The highest BCUT2D eigenvalue weighted by atomic mass is 32.1. The van der Waals surface area contributed by atoms with E-state index in [0.29, 0.717) is 11.4 Å². The van der Waals surface area contributed by atoms with Crippen LogP contribution in [0.5, 0.6) is 0 Å². The minimum atomic E-state index is 0.279. The van der Waals surface area contributed by atoms with E-state index in [0.717, 1.165) is 28.7 Å². The van der Waals surface area contributed by atoms with E-state index in [2.05, 4.69) is 56.4 Å². The average Bonchev–Trinajstić information content (AvgIpc) is 2.62. The van der Waals surface area contributed by atoms with Crippen molar-refractivity contribution in [3.8, 4) is 0 Å². The number of thiocarbonyl (C=S) groups is 1. The first-order chi connectivity index (χ1) is 12.3. The van der Waals surface area contributed by atoms with Gasteiger partial charge in [-0.2, -0.15) is 5.10 Å². The van der Waals surface area contributed by atoms with Gasteiger partial charge in [0.1, 0.15) is 11.3 Å². The lowest BCUT2D eigenvalue weighted by Gasteiger charge is -2.12. The predicted octanol–water partition coefficient (Wildman–Crippen LogP) is 5.12. The summed E-state index contributed by atoms with van der Waals surface area (Å²) < 4.78 is 0. The maximum atomic E-state index is 11.2. The fourth-order valence-corrected chi connectivity index (χ4v) is 2.97. The molecule has 0 aromatic heterocycles. The van der Waals surface area contributed by atoms with Gasteiger partial charge in [0.25, 0.3) is 0 Å². The molecule has 2 aromatic rings. The SMILES string of the molecule is C/C(=N\NC(=S)Cc1ccc(C)c(C)c1)c1ccc(C=O)c(C(C)C)c1. The molecule has 0 atom stereocenters. The van der Waals surface area contributed by atoms with Crippen molar-refractivity contribution in [2.45, 2.75) is 47.0 Å². The number of carbonyl (C=O) groups excluding carboxylic acids is 1. The monoisotopic (exact) mass is 366 g/mol. The van der Waals surface area contributed by atoms with Gasteiger partial charge in [0, 0.05) is 12.0 Å². The molecular formula is C22H26N2OS. The van der Waals surface area contributed by atoms with Crippen molar-refractivity contribution in [2.24, 2.45) is 5.10 Å². The Morgan fingerprint density at radius 2 is 1.88 bits per heavy atom. The Balaban J connectivity index is 2.09. The van der Waals surface area contributed by atoms with Crippen LogP contribution in [0.15, 0.2) is 41.5 Å². The van der Waals surface area contributed by atoms with Crippen LogP contribution in [-0.4, -0.2) is 17.0 Å². The Morgan fingerprint density at radius 3 is 2.50 bits per heavy atom. The highest BCUT2D eigenvalue weighted by Gasteiger charge is 2.09. The molecule has 0 unspecified atom stereocenters. The van der Waals surface area contributed by atoms with Crippen LogP contribution >= 0.6 is 12.2 Å². The van der Waals surface area contributed by atoms with Crippen LogP contribution in [-0.2, 0) is 6.42 Å². The average molecular weight is 367 g/mol. The van der Waals surface area contributed by atoms with Crippen LogP contribution in [0.2, 0.25) is 0 Å². The summed E-state index contributed by atoms with van der Waals surface area (Å²) >= 11 is 5.42. The van der Waals surface area contributed by atoms with E-state index in [9.17, 15) is 4.79 Å². The second-order valence-corrected chi connectivity index (χ2v) is 7.44. The van der Waals surface area contributed by atoms with Gasteiger partial charge in [-0.3, -0.25) is 10.2 Å². The molecule has 1 N–H and O–H groups in total. The molecule has 0 aliphatic heterocycles. The third-order valence-corrected chi connectivity index (χ3v) is 4.77. The van der Waals surface area contributed by atoms with Crippen LogP contribution in [0.4, 0.5) is 0 Å². The molecule has 0 saturated heterocycles. The Labute approximate surface area is 161 Å². The van der Waals surface area contributed by atoms with Crippen molar-refractivity contribution in [2.75, 3.05) is 0 Å². The van der Waals surface area contributed by atoms with Gasteiger partial charge in [-0.15, -0.1) is 0 Å². The molecule has 3 nitrogen and oxygen atoms in total. The molecule has 4 heteroatoms. The zero-order valence-electron chi connectivity index (χ0n) is 16.1. The first-order valence-electron chi connectivity index (χ1n) is 8.80. The standard InChI is InChI=1S/C22H26N2OS/c1-14(2)21-12-19(8-9-20(21)13-25)17(5)23-24-22(26)11-18-7-6-15(3)16(4)10-18/h6-10,12-14H,11H2,1-5H3,(H,24,26)/b23-17+. The van der Waals surface area contributed by atoms with Crippen LogP contribution < -0.4 is 5.43 Å². The lowest BCUT2D eigenvalue weighted by molar-refractivity contribution is 0.112. The molecule has 0 radical (unpaired) electrons. The smallest absolute Gasteiger partial charge is 0.150 e. The third-order valence-electron chi connectivity index (χ3n) is 4.54.